The number of hydrogen-bond acceptors (Lipinski definition) is 5. The van der Waals surface area contributed by atoms with Crippen molar-refractivity contribution < 1.29 is 0 Å². The van der Waals surface area contributed by atoms with Crippen LogP contribution in [0.25, 0.3) is 11.0 Å². The summed E-state index contributed by atoms with van der Waals surface area (Å²) in [6.07, 6.45) is 3.59. The van der Waals surface area contributed by atoms with Gasteiger partial charge in [-0.3, -0.25) is 0 Å². The molecule has 86 valence electrons. The van der Waals surface area contributed by atoms with Gasteiger partial charge >= 0.3 is 0 Å². The Morgan fingerprint density at radius 3 is 3.18 bits per heavy atom. The minimum Gasteiger partial charge on any atom is -0.363 e. The molecule has 17 heavy (non-hydrogen) atoms. The van der Waals surface area contributed by atoms with Crippen molar-refractivity contribution >= 4 is 39.8 Å². The third-order valence-corrected chi connectivity index (χ3v) is 3.23. The quantitative estimate of drug-likeness (QED) is 0.715. The molecule has 2 N–H and O–H groups in total. The molecule has 7 heteroatoms. The van der Waals surface area contributed by atoms with Crippen molar-refractivity contribution in [3.8, 4) is 0 Å². The lowest BCUT2D eigenvalue weighted by Gasteiger charge is -2.04. The van der Waals surface area contributed by atoms with E-state index in [9.17, 15) is 0 Å². The Kier molecular flexibility index (Phi) is 2.66. The van der Waals surface area contributed by atoms with Crippen LogP contribution in [0.2, 0.25) is 5.28 Å². The summed E-state index contributed by atoms with van der Waals surface area (Å²) in [5.41, 5.74) is 0.728. The van der Waals surface area contributed by atoms with Gasteiger partial charge in [-0.05, 0) is 17.7 Å². The number of H-pyrrole nitrogens is 1. The lowest BCUT2D eigenvalue weighted by Crippen LogP contribution is -2.02. The first-order valence-corrected chi connectivity index (χ1v) is 6.21. The zero-order valence-corrected chi connectivity index (χ0v) is 10.2. The second-order valence-corrected chi connectivity index (χ2v) is 4.68. The standard InChI is InChI=1S/C10H8ClN5S/c11-10-15-8-6(1-2-13-8)9(16-10)14-5-7-12-3-4-17-7/h1-4H,5H2,(H2,13,14,15,16). The number of hydrogen-bond donors (Lipinski definition) is 2. The van der Waals surface area contributed by atoms with Crippen LogP contribution in [0.5, 0.6) is 0 Å². The highest BCUT2D eigenvalue weighted by atomic mass is 35.5. The Hall–Kier alpha value is -1.66. The number of nitrogens with one attached hydrogen (secondary N) is 2. The van der Waals surface area contributed by atoms with Crippen LogP contribution in [0.4, 0.5) is 5.82 Å². The Morgan fingerprint density at radius 2 is 2.35 bits per heavy atom. The molecule has 0 saturated heterocycles. The fraction of sp³-hybridized carbons (Fsp3) is 0.100. The van der Waals surface area contributed by atoms with E-state index in [4.69, 9.17) is 11.6 Å². The van der Waals surface area contributed by atoms with E-state index in [1.807, 2.05) is 17.6 Å². The summed E-state index contributed by atoms with van der Waals surface area (Å²) in [7, 11) is 0. The summed E-state index contributed by atoms with van der Waals surface area (Å²) in [5, 5.41) is 7.30. The SMILES string of the molecule is Clc1nc(NCc2nccs2)c2cc[nH]c2n1. The summed E-state index contributed by atoms with van der Waals surface area (Å²) in [5.74, 6) is 0.719. The third-order valence-electron chi connectivity index (χ3n) is 2.28. The van der Waals surface area contributed by atoms with Crippen molar-refractivity contribution in [2.75, 3.05) is 5.32 Å². The van der Waals surface area contributed by atoms with Crippen molar-refractivity contribution in [1.82, 2.24) is 19.9 Å². The van der Waals surface area contributed by atoms with E-state index < -0.39 is 0 Å². The van der Waals surface area contributed by atoms with E-state index in [0.717, 1.165) is 21.9 Å². The fourth-order valence-corrected chi connectivity index (χ4v) is 2.27. The molecule has 3 aromatic rings. The first-order chi connectivity index (χ1) is 8.33. The van der Waals surface area contributed by atoms with Gasteiger partial charge in [0.1, 0.15) is 16.5 Å². The van der Waals surface area contributed by atoms with Gasteiger partial charge in [0, 0.05) is 17.8 Å². The van der Waals surface area contributed by atoms with Crippen molar-refractivity contribution in [3.63, 3.8) is 0 Å². The van der Waals surface area contributed by atoms with E-state index >= 15 is 0 Å². The molecule has 5 nitrogen and oxygen atoms in total. The molecule has 0 saturated carbocycles. The Morgan fingerprint density at radius 1 is 1.41 bits per heavy atom. The van der Waals surface area contributed by atoms with E-state index in [1.54, 1.807) is 17.5 Å². The van der Waals surface area contributed by atoms with Gasteiger partial charge in [-0.25, -0.2) is 9.97 Å². The van der Waals surface area contributed by atoms with E-state index in [1.165, 1.54) is 0 Å². The van der Waals surface area contributed by atoms with Crippen LogP contribution in [0, 0.1) is 0 Å². The lowest BCUT2D eigenvalue weighted by atomic mass is 10.4. The van der Waals surface area contributed by atoms with E-state index in [0.29, 0.717) is 6.54 Å². The predicted octanol–water partition coefficient (Wildman–Crippen LogP) is 2.68. The molecule has 3 heterocycles. The molecule has 0 amide bonds. The zero-order valence-electron chi connectivity index (χ0n) is 8.64. The monoisotopic (exact) mass is 265 g/mol. The molecule has 3 rings (SSSR count). The molecule has 0 bridgehead atoms. The topological polar surface area (TPSA) is 66.5 Å². The van der Waals surface area contributed by atoms with Gasteiger partial charge < -0.3 is 10.3 Å². The second kappa shape index (κ2) is 4.31. The van der Waals surface area contributed by atoms with Gasteiger partial charge in [-0.2, -0.15) is 4.98 Å². The highest BCUT2D eigenvalue weighted by Gasteiger charge is 2.07. The van der Waals surface area contributed by atoms with Crippen LogP contribution >= 0.6 is 22.9 Å². The number of anilines is 1. The van der Waals surface area contributed by atoms with Crippen LogP contribution in [-0.4, -0.2) is 19.9 Å². The molecule has 0 aliphatic rings. The zero-order chi connectivity index (χ0) is 11.7. The molecule has 0 fully saturated rings. The van der Waals surface area contributed by atoms with Crippen LogP contribution in [0.1, 0.15) is 5.01 Å². The van der Waals surface area contributed by atoms with Crippen LogP contribution in [0.3, 0.4) is 0 Å². The van der Waals surface area contributed by atoms with E-state index in [2.05, 4.69) is 25.3 Å². The molecule has 0 aromatic carbocycles. The maximum Gasteiger partial charge on any atom is 0.226 e. The fourth-order valence-electron chi connectivity index (χ4n) is 1.55. The van der Waals surface area contributed by atoms with Gasteiger partial charge in [0.2, 0.25) is 5.28 Å². The highest BCUT2D eigenvalue weighted by Crippen LogP contribution is 2.21. The lowest BCUT2D eigenvalue weighted by molar-refractivity contribution is 1.07. The molecule has 3 aromatic heterocycles. The number of halogens is 1. The summed E-state index contributed by atoms with van der Waals surface area (Å²) >= 11 is 7.44. The summed E-state index contributed by atoms with van der Waals surface area (Å²) in [4.78, 5) is 15.5. The molecule has 0 spiro atoms. The first-order valence-electron chi connectivity index (χ1n) is 4.96. The Balaban J connectivity index is 1.91. The smallest absolute Gasteiger partial charge is 0.226 e. The van der Waals surface area contributed by atoms with Gasteiger partial charge in [-0.1, -0.05) is 0 Å². The number of aromatic nitrogens is 4. The maximum atomic E-state index is 5.85. The summed E-state index contributed by atoms with van der Waals surface area (Å²) in [6, 6.07) is 1.91. The number of fused-ring (bicyclic) bond motifs is 1. The van der Waals surface area contributed by atoms with Crippen molar-refractivity contribution in [3.05, 3.63) is 34.1 Å². The number of aromatic amines is 1. The largest absolute Gasteiger partial charge is 0.363 e. The normalized spacial score (nSPS) is 10.9. The molecule has 0 atom stereocenters. The molecule has 0 aliphatic carbocycles. The van der Waals surface area contributed by atoms with Crippen LogP contribution in [-0.2, 0) is 6.54 Å². The highest BCUT2D eigenvalue weighted by molar-refractivity contribution is 7.09. The maximum absolute atomic E-state index is 5.85. The minimum absolute atomic E-state index is 0.224. The molecular formula is C10H8ClN5S. The van der Waals surface area contributed by atoms with Crippen LogP contribution in [0.15, 0.2) is 23.8 Å². The molecule has 0 aliphatic heterocycles. The van der Waals surface area contributed by atoms with Gasteiger partial charge in [0.05, 0.1) is 11.9 Å². The number of nitrogens with zero attached hydrogens (tertiary/aromatic N) is 3. The third kappa shape index (κ3) is 2.09. The number of thiazole rings is 1. The van der Waals surface area contributed by atoms with Gasteiger partial charge in [-0.15, -0.1) is 11.3 Å². The molecular weight excluding hydrogens is 258 g/mol. The summed E-state index contributed by atoms with van der Waals surface area (Å²) in [6.45, 7) is 0.630. The van der Waals surface area contributed by atoms with Gasteiger partial charge in [0.15, 0.2) is 0 Å². The average molecular weight is 266 g/mol. The summed E-state index contributed by atoms with van der Waals surface area (Å²) < 4.78 is 0. The van der Waals surface area contributed by atoms with Gasteiger partial charge in [0.25, 0.3) is 0 Å². The first kappa shape index (κ1) is 10.5. The van der Waals surface area contributed by atoms with Crippen molar-refractivity contribution in [2.45, 2.75) is 6.54 Å². The minimum atomic E-state index is 0.224. The predicted molar refractivity (Wildman–Crippen MR) is 68.3 cm³/mol. The van der Waals surface area contributed by atoms with Crippen molar-refractivity contribution in [1.29, 1.82) is 0 Å². The molecule has 0 radical (unpaired) electrons. The van der Waals surface area contributed by atoms with Crippen LogP contribution < -0.4 is 5.32 Å². The molecule has 0 unspecified atom stereocenters. The average Bonchev–Trinajstić information content (AvgIpc) is 2.95. The Bertz CT molecular complexity index is 633. The number of rotatable bonds is 3. The van der Waals surface area contributed by atoms with Crippen molar-refractivity contribution in [2.24, 2.45) is 0 Å². The van der Waals surface area contributed by atoms with E-state index in [-0.39, 0.29) is 5.28 Å². The Labute approximate surface area is 106 Å². The second-order valence-electron chi connectivity index (χ2n) is 3.36.